The molecule has 1 aromatic carbocycles. The van der Waals surface area contributed by atoms with Crippen LogP contribution in [-0.2, 0) is 6.18 Å². The highest BCUT2D eigenvalue weighted by Crippen LogP contribution is 2.31. The quantitative estimate of drug-likeness (QED) is 0.265. The highest BCUT2D eigenvalue weighted by atomic mass is 127. The maximum absolute atomic E-state index is 12.9. The van der Waals surface area contributed by atoms with E-state index in [2.05, 4.69) is 34.4 Å². The van der Waals surface area contributed by atoms with Gasteiger partial charge in [0, 0.05) is 51.5 Å². The summed E-state index contributed by atoms with van der Waals surface area (Å²) in [6, 6.07) is 5.93. The molecule has 2 N–H and O–H groups in total. The number of benzene rings is 1. The molecule has 5 nitrogen and oxygen atoms in total. The fraction of sp³-hybridized carbons (Fsp3) is 0.632. The van der Waals surface area contributed by atoms with Gasteiger partial charge >= 0.3 is 6.18 Å². The number of piperazine rings is 1. The standard InChI is InChI=1S/C19H30F3N5.HI/c1-15(2)25-18(23-3)24-8-5-9-26-10-12-27(13-11-26)17-7-4-6-16(14-17)19(20,21)22;/h4,6-7,14-15H,5,8-13H2,1-3H3,(H2,23,24,25);1H. The maximum Gasteiger partial charge on any atom is 0.416 e. The van der Waals surface area contributed by atoms with E-state index in [1.54, 1.807) is 13.1 Å². The second-order valence-corrected chi connectivity index (χ2v) is 7.03. The Balaban J connectivity index is 0.00000392. The molecule has 0 amide bonds. The zero-order valence-corrected chi connectivity index (χ0v) is 19.1. The van der Waals surface area contributed by atoms with Crippen molar-refractivity contribution in [2.75, 3.05) is 51.2 Å². The van der Waals surface area contributed by atoms with E-state index in [1.807, 2.05) is 4.90 Å². The second-order valence-electron chi connectivity index (χ2n) is 7.03. The zero-order valence-electron chi connectivity index (χ0n) is 16.7. The molecule has 1 aliphatic rings. The van der Waals surface area contributed by atoms with Gasteiger partial charge in [-0.15, -0.1) is 24.0 Å². The van der Waals surface area contributed by atoms with E-state index in [0.717, 1.165) is 57.7 Å². The molecule has 1 aliphatic heterocycles. The monoisotopic (exact) mass is 513 g/mol. The van der Waals surface area contributed by atoms with Crippen molar-refractivity contribution in [3.8, 4) is 0 Å². The molecular formula is C19H31F3IN5. The molecule has 1 aromatic rings. The lowest BCUT2D eigenvalue weighted by molar-refractivity contribution is -0.137. The van der Waals surface area contributed by atoms with Gasteiger partial charge in [0.1, 0.15) is 0 Å². The first kappa shape index (κ1) is 24.8. The topological polar surface area (TPSA) is 42.9 Å². The third kappa shape index (κ3) is 8.02. The number of aliphatic imine (C=N–C) groups is 1. The predicted molar refractivity (Wildman–Crippen MR) is 120 cm³/mol. The first-order valence-corrected chi connectivity index (χ1v) is 9.41. The highest BCUT2D eigenvalue weighted by molar-refractivity contribution is 14.0. The summed E-state index contributed by atoms with van der Waals surface area (Å²) in [5.74, 6) is 0.805. The molecule has 0 saturated carbocycles. The summed E-state index contributed by atoms with van der Waals surface area (Å²) in [5, 5.41) is 6.54. The normalized spacial score (nSPS) is 16.1. The average molecular weight is 513 g/mol. The number of guanidine groups is 1. The van der Waals surface area contributed by atoms with Crippen molar-refractivity contribution < 1.29 is 13.2 Å². The minimum absolute atomic E-state index is 0. The van der Waals surface area contributed by atoms with Crippen LogP contribution in [0, 0.1) is 0 Å². The maximum atomic E-state index is 12.9. The average Bonchev–Trinajstić information content (AvgIpc) is 2.64. The Hall–Kier alpha value is -1.23. The molecular weight excluding hydrogens is 482 g/mol. The van der Waals surface area contributed by atoms with Gasteiger partial charge in [-0.05, 0) is 45.0 Å². The van der Waals surface area contributed by atoms with Crippen molar-refractivity contribution in [2.45, 2.75) is 32.5 Å². The Kier molecular flexibility index (Phi) is 10.4. The van der Waals surface area contributed by atoms with Crippen molar-refractivity contribution in [3.63, 3.8) is 0 Å². The third-order valence-corrected chi connectivity index (χ3v) is 4.50. The molecule has 160 valence electrons. The van der Waals surface area contributed by atoms with Gasteiger partial charge in [0.15, 0.2) is 5.96 Å². The molecule has 1 fully saturated rings. The number of anilines is 1. The smallest absolute Gasteiger partial charge is 0.369 e. The number of hydrogen-bond donors (Lipinski definition) is 2. The molecule has 0 aromatic heterocycles. The molecule has 9 heteroatoms. The third-order valence-electron chi connectivity index (χ3n) is 4.50. The Bertz CT molecular complexity index is 614. The lowest BCUT2D eigenvalue weighted by Gasteiger charge is -2.36. The van der Waals surface area contributed by atoms with E-state index in [-0.39, 0.29) is 24.0 Å². The van der Waals surface area contributed by atoms with Crippen LogP contribution in [0.15, 0.2) is 29.3 Å². The summed E-state index contributed by atoms with van der Waals surface area (Å²) in [7, 11) is 1.75. The van der Waals surface area contributed by atoms with Crippen LogP contribution in [0.25, 0.3) is 0 Å². The number of hydrogen-bond acceptors (Lipinski definition) is 3. The molecule has 1 saturated heterocycles. The van der Waals surface area contributed by atoms with Gasteiger partial charge in [-0.2, -0.15) is 13.2 Å². The van der Waals surface area contributed by atoms with Crippen LogP contribution >= 0.6 is 24.0 Å². The van der Waals surface area contributed by atoms with Crippen molar-refractivity contribution in [1.82, 2.24) is 15.5 Å². The van der Waals surface area contributed by atoms with Gasteiger partial charge in [-0.1, -0.05) is 6.07 Å². The molecule has 0 spiro atoms. The van der Waals surface area contributed by atoms with Gasteiger partial charge < -0.3 is 15.5 Å². The van der Waals surface area contributed by atoms with E-state index >= 15 is 0 Å². The number of halogens is 4. The van der Waals surface area contributed by atoms with Crippen molar-refractivity contribution in [2.24, 2.45) is 4.99 Å². The molecule has 0 atom stereocenters. The van der Waals surface area contributed by atoms with E-state index in [9.17, 15) is 13.2 Å². The number of rotatable bonds is 6. The van der Waals surface area contributed by atoms with E-state index < -0.39 is 11.7 Å². The van der Waals surface area contributed by atoms with E-state index in [1.165, 1.54) is 12.1 Å². The SMILES string of the molecule is CN=C(NCCCN1CCN(c2cccc(C(F)(F)F)c2)CC1)NC(C)C.I. The molecule has 0 aliphatic carbocycles. The Morgan fingerprint density at radius 2 is 1.86 bits per heavy atom. The number of alkyl halides is 3. The number of nitrogens with zero attached hydrogens (tertiary/aromatic N) is 3. The van der Waals surface area contributed by atoms with Crippen LogP contribution in [0.2, 0.25) is 0 Å². The zero-order chi connectivity index (χ0) is 19.9. The summed E-state index contributed by atoms with van der Waals surface area (Å²) in [6.07, 6.45) is -3.31. The lowest BCUT2D eigenvalue weighted by Crippen LogP contribution is -2.47. The first-order chi connectivity index (χ1) is 12.8. The van der Waals surface area contributed by atoms with Gasteiger partial charge in [0.05, 0.1) is 5.56 Å². The molecule has 2 rings (SSSR count). The van der Waals surface area contributed by atoms with Crippen LogP contribution in [-0.4, -0.2) is 63.2 Å². The summed E-state index contributed by atoms with van der Waals surface area (Å²) in [6.45, 7) is 9.12. The van der Waals surface area contributed by atoms with Crippen LogP contribution in [0.4, 0.5) is 18.9 Å². The van der Waals surface area contributed by atoms with Crippen LogP contribution < -0.4 is 15.5 Å². The fourth-order valence-corrected chi connectivity index (χ4v) is 3.09. The minimum Gasteiger partial charge on any atom is -0.369 e. The second kappa shape index (κ2) is 11.7. The molecule has 28 heavy (non-hydrogen) atoms. The summed E-state index contributed by atoms with van der Waals surface area (Å²) < 4.78 is 38.6. The Morgan fingerprint density at radius 1 is 1.18 bits per heavy atom. The van der Waals surface area contributed by atoms with Gasteiger partial charge in [0.2, 0.25) is 0 Å². The van der Waals surface area contributed by atoms with Gasteiger partial charge in [-0.25, -0.2) is 0 Å². The minimum atomic E-state index is -4.30. The fourth-order valence-electron chi connectivity index (χ4n) is 3.09. The van der Waals surface area contributed by atoms with Crippen LogP contribution in [0.5, 0.6) is 0 Å². The molecule has 0 unspecified atom stereocenters. The molecule has 0 bridgehead atoms. The highest BCUT2D eigenvalue weighted by Gasteiger charge is 2.31. The predicted octanol–water partition coefficient (Wildman–Crippen LogP) is 3.41. The summed E-state index contributed by atoms with van der Waals surface area (Å²) in [4.78, 5) is 8.55. The molecule has 1 heterocycles. The largest absolute Gasteiger partial charge is 0.416 e. The van der Waals surface area contributed by atoms with Crippen molar-refractivity contribution in [3.05, 3.63) is 29.8 Å². The first-order valence-electron chi connectivity index (χ1n) is 9.41. The Morgan fingerprint density at radius 3 is 2.43 bits per heavy atom. The van der Waals surface area contributed by atoms with Crippen LogP contribution in [0.3, 0.4) is 0 Å². The van der Waals surface area contributed by atoms with E-state index in [0.29, 0.717) is 11.7 Å². The molecule has 0 radical (unpaired) electrons. The lowest BCUT2D eigenvalue weighted by atomic mass is 10.1. The van der Waals surface area contributed by atoms with Crippen LogP contribution in [0.1, 0.15) is 25.8 Å². The summed E-state index contributed by atoms with van der Waals surface area (Å²) in [5.41, 5.74) is 0.0617. The van der Waals surface area contributed by atoms with Gasteiger partial charge in [-0.3, -0.25) is 9.89 Å². The number of nitrogens with one attached hydrogen (secondary N) is 2. The van der Waals surface area contributed by atoms with E-state index in [4.69, 9.17) is 0 Å². The Labute approximate surface area is 182 Å². The van der Waals surface area contributed by atoms with Crippen molar-refractivity contribution >= 4 is 35.6 Å². The summed E-state index contributed by atoms with van der Waals surface area (Å²) >= 11 is 0. The van der Waals surface area contributed by atoms with Crippen molar-refractivity contribution in [1.29, 1.82) is 0 Å². The van der Waals surface area contributed by atoms with Gasteiger partial charge in [0.25, 0.3) is 0 Å².